The summed E-state index contributed by atoms with van der Waals surface area (Å²) in [5, 5.41) is 9.94. The first kappa shape index (κ1) is 25.2. The Hall–Kier alpha value is -2.05. The first-order valence-corrected chi connectivity index (χ1v) is 12.9. The van der Waals surface area contributed by atoms with Gasteiger partial charge in [0.05, 0.1) is 0 Å². The van der Waals surface area contributed by atoms with Gasteiger partial charge in [-0.3, -0.25) is 4.55 Å². The number of phenols is 1. The summed E-state index contributed by atoms with van der Waals surface area (Å²) in [5.74, 6) is -0.225. The van der Waals surface area contributed by atoms with Gasteiger partial charge < -0.3 is 9.84 Å². The number of phenolic OH excluding ortho intramolecular Hbond substituents is 1. The maximum absolute atomic E-state index is 11.5. The topological polar surface area (TPSA) is 83.8 Å². The van der Waals surface area contributed by atoms with Gasteiger partial charge in [0.2, 0.25) is 0 Å². The Kier molecular flexibility index (Phi) is 10.9. The molecule has 2 rings (SSSR count). The lowest BCUT2D eigenvalue weighted by atomic mass is 10.0. The molecule has 0 fully saturated rings. The molecule has 0 amide bonds. The van der Waals surface area contributed by atoms with Gasteiger partial charge in [-0.05, 0) is 42.7 Å². The fraction of sp³-hybridized carbons (Fsp3) is 0.520. The summed E-state index contributed by atoms with van der Waals surface area (Å²) in [6.45, 7) is 2.25. The Morgan fingerprint density at radius 2 is 1.32 bits per heavy atom. The van der Waals surface area contributed by atoms with E-state index in [-0.39, 0.29) is 11.5 Å². The molecule has 0 radical (unpaired) electrons. The number of hydrogen-bond donors (Lipinski definition) is 2. The lowest BCUT2D eigenvalue weighted by Crippen LogP contribution is -2.01. The minimum absolute atomic E-state index is 0.275. The number of rotatable bonds is 15. The molecule has 2 aromatic carbocycles. The van der Waals surface area contributed by atoms with Gasteiger partial charge in [0.25, 0.3) is 10.1 Å². The molecule has 172 valence electrons. The van der Waals surface area contributed by atoms with Crippen LogP contribution in [0.2, 0.25) is 0 Å². The maximum Gasteiger partial charge on any atom is 0.298 e. The van der Waals surface area contributed by atoms with Crippen molar-refractivity contribution in [3.05, 3.63) is 48.0 Å². The highest BCUT2D eigenvalue weighted by Gasteiger charge is 2.20. The molecule has 0 aliphatic rings. The van der Waals surface area contributed by atoms with Crippen LogP contribution in [0.3, 0.4) is 0 Å². The fourth-order valence-electron chi connectivity index (χ4n) is 3.65. The highest BCUT2D eigenvalue weighted by atomic mass is 32.2. The van der Waals surface area contributed by atoms with E-state index in [0.29, 0.717) is 5.75 Å². The van der Waals surface area contributed by atoms with Gasteiger partial charge in [0, 0.05) is 0 Å². The number of aryl methyl sites for hydroxylation is 1. The third-order valence-corrected chi connectivity index (χ3v) is 6.33. The summed E-state index contributed by atoms with van der Waals surface area (Å²) in [4.78, 5) is -0.461. The van der Waals surface area contributed by atoms with Gasteiger partial charge in [-0.25, -0.2) is 0 Å². The second-order valence-corrected chi connectivity index (χ2v) is 9.50. The zero-order chi connectivity index (χ0) is 22.5. The summed E-state index contributed by atoms with van der Waals surface area (Å²) in [6, 6.07) is 11.2. The van der Waals surface area contributed by atoms with Crippen LogP contribution in [0.5, 0.6) is 17.2 Å². The molecule has 0 bridgehead atoms. The molecule has 0 spiro atoms. The van der Waals surface area contributed by atoms with E-state index in [2.05, 4.69) is 6.92 Å². The van der Waals surface area contributed by atoms with Crippen molar-refractivity contribution in [2.24, 2.45) is 0 Å². The predicted molar refractivity (Wildman–Crippen MR) is 125 cm³/mol. The standard InChI is InChI=1S/C25H36O5S/c1-2-3-4-5-6-7-8-9-10-11-12-14-21-17-19-22(20-18-21)30-25-23(26)15-13-16-24(25)31(27,28)29/h13,15-20,26H,2-12,14H2,1H3,(H,27,28,29). The summed E-state index contributed by atoms with van der Waals surface area (Å²) in [6.07, 6.45) is 15.5. The maximum atomic E-state index is 11.5. The fourth-order valence-corrected chi connectivity index (χ4v) is 4.28. The van der Waals surface area contributed by atoms with E-state index >= 15 is 0 Å². The lowest BCUT2D eigenvalue weighted by Gasteiger charge is -2.11. The van der Waals surface area contributed by atoms with Crippen LogP contribution in [0.1, 0.15) is 83.1 Å². The molecule has 0 saturated heterocycles. The van der Waals surface area contributed by atoms with Crippen molar-refractivity contribution in [2.45, 2.75) is 88.9 Å². The molecule has 0 unspecified atom stereocenters. The van der Waals surface area contributed by atoms with Crippen LogP contribution in [0.4, 0.5) is 0 Å². The summed E-state index contributed by atoms with van der Waals surface area (Å²) in [5.41, 5.74) is 1.19. The first-order valence-electron chi connectivity index (χ1n) is 11.5. The van der Waals surface area contributed by atoms with Gasteiger partial charge in [-0.2, -0.15) is 8.42 Å². The molecular weight excluding hydrogens is 412 g/mol. The first-order chi connectivity index (χ1) is 14.9. The van der Waals surface area contributed by atoms with Crippen molar-refractivity contribution in [2.75, 3.05) is 0 Å². The highest BCUT2D eigenvalue weighted by molar-refractivity contribution is 7.86. The van der Waals surface area contributed by atoms with Gasteiger partial charge in [-0.15, -0.1) is 0 Å². The van der Waals surface area contributed by atoms with Crippen LogP contribution in [0, 0.1) is 0 Å². The third kappa shape index (κ3) is 9.32. The van der Waals surface area contributed by atoms with E-state index in [1.54, 1.807) is 12.1 Å². The van der Waals surface area contributed by atoms with Crippen molar-refractivity contribution < 1.29 is 22.8 Å². The molecule has 0 heterocycles. The normalized spacial score (nSPS) is 11.5. The number of hydrogen-bond acceptors (Lipinski definition) is 4. The van der Waals surface area contributed by atoms with E-state index in [9.17, 15) is 18.1 Å². The minimum Gasteiger partial charge on any atom is -0.504 e. The molecule has 5 nitrogen and oxygen atoms in total. The molecule has 0 atom stereocenters. The predicted octanol–water partition coefficient (Wildman–Crippen LogP) is 7.28. The second-order valence-electron chi connectivity index (χ2n) is 8.11. The average molecular weight is 449 g/mol. The van der Waals surface area contributed by atoms with Crippen molar-refractivity contribution in [1.82, 2.24) is 0 Å². The molecule has 2 aromatic rings. The van der Waals surface area contributed by atoms with Gasteiger partial charge in [0.15, 0.2) is 11.5 Å². The lowest BCUT2D eigenvalue weighted by molar-refractivity contribution is 0.397. The Morgan fingerprint density at radius 3 is 1.87 bits per heavy atom. The van der Waals surface area contributed by atoms with E-state index in [0.717, 1.165) is 12.8 Å². The largest absolute Gasteiger partial charge is 0.504 e. The number of aromatic hydroxyl groups is 1. The molecular formula is C25H36O5S. The van der Waals surface area contributed by atoms with Crippen LogP contribution in [0.15, 0.2) is 47.4 Å². The molecule has 0 saturated carbocycles. The Labute approximate surface area is 187 Å². The van der Waals surface area contributed by atoms with Crippen molar-refractivity contribution in [3.63, 3.8) is 0 Å². The second kappa shape index (κ2) is 13.4. The Bertz CT molecular complexity index is 875. The SMILES string of the molecule is CCCCCCCCCCCCCc1ccc(Oc2c(O)cccc2S(=O)(=O)O)cc1. The number of para-hydroxylation sites is 1. The number of ether oxygens (including phenoxy) is 1. The van der Waals surface area contributed by atoms with Crippen LogP contribution in [0.25, 0.3) is 0 Å². The van der Waals surface area contributed by atoms with Crippen molar-refractivity contribution in [3.8, 4) is 17.2 Å². The average Bonchev–Trinajstić information content (AvgIpc) is 2.74. The van der Waals surface area contributed by atoms with E-state index < -0.39 is 15.0 Å². The van der Waals surface area contributed by atoms with Crippen LogP contribution >= 0.6 is 0 Å². The zero-order valence-electron chi connectivity index (χ0n) is 18.6. The molecule has 0 aliphatic heterocycles. The van der Waals surface area contributed by atoms with Gasteiger partial charge in [-0.1, -0.05) is 89.3 Å². The number of unbranched alkanes of at least 4 members (excludes halogenated alkanes) is 10. The summed E-state index contributed by atoms with van der Waals surface area (Å²) >= 11 is 0. The summed E-state index contributed by atoms with van der Waals surface area (Å²) in [7, 11) is -4.50. The van der Waals surface area contributed by atoms with E-state index in [1.807, 2.05) is 12.1 Å². The minimum atomic E-state index is -4.50. The van der Waals surface area contributed by atoms with Gasteiger partial charge in [0.1, 0.15) is 10.6 Å². The molecule has 2 N–H and O–H groups in total. The summed E-state index contributed by atoms with van der Waals surface area (Å²) < 4.78 is 37.9. The van der Waals surface area contributed by atoms with Gasteiger partial charge >= 0.3 is 0 Å². The third-order valence-electron chi connectivity index (χ3n) is 5.45. The van der Waals surface area contributed by atoms with Crippen molar-refractivity contribution in [1.29, 1.82) is 0 Å². The van der Waals surface area contributed by atoms with Crippen LogP contribution in [-0.4, -0.2) is 18.1 Å². The number of benzene rings is 2. The van der Waals surface area contributed by atoms with Crippen LogP contribution in [-0.2, 0) is 16.5 Å². The molecule has 6 heteroatoms. The molecule has 0 aromatic heterocycles. The van der Waals surface area contributed by atoms with E-state index in [4.69, 9.17) is 4.74 Å². The molecule has 31 heavy (non-hydrogen) atoms. The smallest absolute Gasteiger partial charge is 0.298 e. The monoisotopic (exact) mass is 448 g/mol. The van der Waals surface area contributed by atoms with E-state index in [1.165, 1.54) is 88.0 Å². The molecule has 0 aliphatic carbocycles. The van der Waals surface area contributed by atoms with Crippen LogP contribution < -0.4 is 4.74 Å². The zero-order valence-corrected chi connectivity index (χ0v) is 19.4. The Morgan fingerprint density at radius 1 is 0.774 bits per heavy atom. The Balaban J connectivity index is 1.70. The quantitative estimate of drug-likeness (QED) is 0.221. The van der Waals surface area contributed by atoms with Crippen molar-refractivity contribution >= 4 is 10.1 Å². The highest BCUT2D eigenvalue weighted by Crippen LogP contribution is 2.36.